The lowest BCUT2D eigenvalue weighted by Crippen LogP contribution is -2.19. The Hall–Kier alpha value is -2.28. The minimum absolute atomic E-state index is 0.164. The maximum Gasteiger partial charge on any atom is 0.273 e. The molecule has 0 spiro atoms. The summed E-state index contributed by atoms with van der Waals surface area (Å²) < 4.78 is 0.171. The van der Waals surface area contributed by atoms with Gasteiger partial charge in [-0.2, -0.15) is 5.10 Å². The molecule has 0 aliphatic carbocycles. The Labute approximate surface area is 126 Å². The number of amides is 1. The van der Waals surface area contributed by atoms with Gasteiger partial charge in [0.25, 0.3) is 5.56 Å². The van der Waals surface area contributed by atoms with Crippen LogP contribution in [0.15, 0.2) is 29.1 Å². The summed E-state index contributed by atoms with van der Waals surface area (Å²) in [7, 11) is 0. The van der Waals surface area contributed by atoms with E-state index in [0.29, 0.717) is 0 Å². The van der Waals surface area contributed by atoms with E-state index in [4.69, 9.17) is 12.2 Å². The average Bonchev–Trinajstić information content (AvgIpc) is 2.47. The van der Waals surface area contributed by atoms with Gasteiger partial charge in [-0.3, -0.25) is 19.7 Å². The van der Waals surface area contributed by atoms with Gasteiger partial charge in [-0.15, -0.1) is 0 Å². The van der Waals surface area contributed by atoms with Crippen LogP contribution in [-0.4, -0.2) is 21.1 Å². The maximum atomic E-state index is 11.8. The molecule has 0 radical (unpaired) electrons. The summed E-state index contributed by atoms with van der Waals surface area (Å²) >= 11 is 4.75. The van der Waals surface area contributed by atoms with Gasteiger partial charge >= 0.3 is 0 Å². The minimum atomic E-state index is -0.362. The van der Waals surface area contributed by atoms with Crippen LogP contribution in [0.3, 0.4) is 0 Å². The Bertz CT molecular complexity index is 734. The largest absolute Gasteiger partial charge is 0.326 e. The zero-order valence-electron chi connectivity index (χ0n) is 11.6. The summed E-state index contributed by atoms with van der Waals surface area (Å²) in [4.78, 5) is 25.8. The van der Waals surface area contributed by atoms with Crippen LogP contribution in [0.25, 0.3) is 0 Å². The van der Waals surface area contributed by atoms with E-state index in [2.05, 4.69) is 27.4 Å². The molecule has 0 saturated carbocycles. The van der Waals surface area contributed by atoms with Crippen LogP contribution in [0.5, 0.6) is 0 Å². The summed E-state index contributed by atoms with van der Waals surface area (Å²) in [5, 5.41) is 9.12. The highest BCUT2D eigenvalue weighted by atomic mass is 32.1. The van der Waals surface area contributed by atoms with Crippen molar-refractivity contribution in [3.8, 4) is 0 Å². The molecule has 0 aliphatic rings. The molecule has 1 heterocycles. The molecule has 0 unspecified atom stereocenters. The number of anilines is 1. The molecule has 0 bridgehead atoms. The van der Waals surface area contributed by atoms with Crippen molar-refractivity contribution in [1.29, 1.82) is 0 Å². The third-order valence-electron chi connectivity index (χ3n) is 3.02. The van der Waals surface area contributed by atoms with Crippen LogP contribution < -0.4 is 10.9 Å². The second kappa shape index (κ2) is 6.94. The molecule has 2 aromatic rings. The summed E-state index contributed by atoms with van der Waals surface area (Å²) in [5.74, 6) is -0.164. The number of nitrogens with zero attached hydrogens (tertiary/aromatic N) is 1. The predicted octanol–water partition coefficient (Wildman–Crippen LogP) is 1.96. The summed E-state index contributed by atoms with van der Waals surface area (Å²) in [6.45, 7) is 2.07. The third-order valence-corrected chi connectivity index (χ3v) is 3.21. The number of aryl methyl sites for hydroxylation is 2. The highest BCUT2D eigenvalue weighted by Gasteiger charge is 2.07. The summed E-state index contributed by atoms with van der Waals surface area (Å²) in [6, 6.07) is 7.67. The van der Waals surface area contributed by atoms with Crippen molar-refractivity contribution in [1.82, 2.24) is 15.2 Å². The van der Waals surface area contributed by atoms with Crippen LogP contribution in [0.2, 0.25) is 0 Å². The van der Waals surface area contributed by atoms with Gasteiger partial charge in [0.15, 0.2) is 4.77 Å². The van der Waals surface area contributed by atoms with Gasteiger partial charge in [-0.25, -0.2) is 0 Å². The van der Waals surface area contributed by atoms with Crippen molar-refractivity contribution in [2.75, 3.05) is 5.32 Å². The molecule has 1 amide bonds. The van der Waals surface area contributed by atoms with E-state index in [0.717, 1.165) is 12.1 Å². The van der Waals surface area contributed by atoms with E-state index in [1.807, 2.05) is 24.3 Å². The number of hydrogen-bond donors (Lipinski definition) is 3. The first-order valence-corrected chi connectivity index (χ1v) is 7.06. The minimum Gasteiger partial charge on any atom is -0.326 e. The van der Waals surface area contributed by atoms with Crippen molar-refractivity contribution in [3.63, 3.8) is 0 Å². The highest BCUT2D eigenvalue weighted by Crippen LogP contribution is 2.10. The number of nitrogens with one attached hydrogen (secondary N) is 3. The molecular formula is C14H16N4O2S. The number of benzene rings is 1. The fourth-order valence-electron chi connectivity index (χ4n) is 1.82. The first-order valence-electron chi connectivity index (χ1n) is 6.65. The number of rotatable bonds is 5. The molecule has 0 aliphatic heterocycles. The normalized spacial score (nSPS) is 10.3. The van der Waals surface area contributed by atoms with Gasteiger partial charge in [0.2, 0.25) is 5.91 Å². The lowest BCUT2D eigenvalue weighted by molar-refractivity contribution is -0.116. The zero-order chi connectivity index (χ0) is 15.2. The Morgan fingerprint density at radius 2 is 2.05 bits per heavy atom. The molecule has 1 aromatic heterocycles. The molecule has 21 heavy (non-hydrogen) atoms. The molecular weight excluding hydrogens is 288 g/mol. The fourth-order valence-corrected chi connectivity index (χ4v) is 1.96. The number of carbonyl (C=O) groups is 1. The Balaban J connectivity index is 1.92. The van der Waals surface area contributed by atoms with Crippen LogP contribution in [0, 0.1) is 4.77 Å². The van der Waals surface area contributed by atoms with Gasteiger partial charge in [-0.05, 0) is 36.3 Å². The maximum absolute atomic E-state index is 11.8. The first-order chi connectivity index (χ1) is 10.1. The van der Waals surface area contributed by atoms with Gasteiger partial charge in [-0.1, -0.05) is 19.1 Å². The first kappa shape index (κ1) is 15.1. The average molecular weight is 304 g/mol. The van der Waals surface area contributed by atoms with Crippen LogP contribution in [-0.2, 0) is 17.6 Å². The van der Waals surface area contributed by atoms with Crippen LogP contribution in [0.4, 0.5) is 5.69 Å². The fraction of sp³-hybridized carbons (Fsp3) is 0.286. The number of aromatic nitrogens is 3. The standard InChI is InChI=1S/C14H16N4O2S/c1-2-9-3-5-10(6-4-9)15-12(19)8-7-11-13(20)16-14(21)18-17-11/h3-6H,2,7-8H2,1H3,(H,15,19)(H2,16,18,20,21). The van der Waals surface area contributed by atoms with Crippen LogP contribution in [0.1, 0.15) is 24.6 Å². The molecule has 110 valence electrons. The summed E-state index contributed by atoms with van der Waals surface area (Å²) in [6.07, 6.45) is 1.38. The molecule has 7 heteroatoms. The van der Waals surface area contributed by atoms with Crippen molar-refractivity contribution in [3.05, 3.63) is 50.6 Å². The van der Waals surface area contributed by atoms with Crippen molar-refractivity contribution in [2.24, 2.45) is 0 Å². The number of carbonyl (C=O) groups excluding carboxylic acids is 1. The predicted molar refractivity (Wildman–Crippen MR) is 82.8 cm³/mol. The van der Waals surface area contributed by atoms with Crippen molar-refractivity contribution in [2.45, 2.75) is 26.2 Å². The van der Waals surface area contributed by atoms with Gasteiger partial charge in [0.1, 0.15) is 5.69 Å². The lowest BCUT2D eigenvalue weighted by atomic mass is 10.1. The van der Waals surface area contributed by atoms with E-state index >= 15 is 0 Å². The molecule has 1 aromatic carbocycles. The smallest absolute Gasteiger partial charge is 0.273 e. The Morgan fingerprint density at radius 1 is 1.33 bits per heavy atom. The molecule has 0 fully saturated rings. The van der Waals surface area contributed by atoms with Gasteiger partial charge in [0.05, 0.1) is 0 Å². The molecule has 0 saturated heterocycles. The molecule has 6 nitrogen and oxygen atoms in total. The summed E-state index contributed by atoms with van der Waals surface area (Å²) in [5.41, 5.74) is 1.86. The zero-order valence-corrected chi connectivity index (χ0v) is 12.4. The number of H-pyrrole nitrogens is 2. The second-order valence-corrected chi connectivity index (χ2v) is 4.96. The van der Waals surface area contributed by atoms with E-state index in [-0.39, 0.29) is 34.8 Å². The number of aromatic amines is 2. The molecule has 2 rings (SSSR count). The van der Waals surface area contributed by atoms with Crippen molar-refractivity contribution >= 4 is 23.8 Å². The monoisotopic (exact) mass is 304 g/mol. The molecule has 0 atom stereocenters. The second-order valence-electron chi connectivity index (χ2n) is 4.55. The number of hydrogen-bond acceptors (Lipinski definition) is 4. The topological polar surface area (TPSA) is 90.6 Å². The Kier molecular flexibility index (Phi) is 4.99. The van der Waals surface area contributed by atoms with E-state index < -0.39 is 0 Å². The highest BCUT2D eigenvalue weighted by molar-refractivity contribution is 7.71. The van der Waals surface area contributed by atoms with E-state index in [1.165, 1.54) is 5.56 Å². The third kappa shape index (κ3) is 4.35. The lowest BCUT2D eigenvalue weighted by Gasteiger charge is -2.05. The van der Waals surface area contributed by atoms with E-state index in [1.54, 1.807) is 0 Å². The quantitative estimate of drug-likeness (QED) is 0.736. The van der Waals surface area contributed by atoms with Gasteiger partial charge in [0, 0.05) is 18.5 Å². The van der Waals surface area contributed by atoms with E-state index in [9.17, 15) is 9.59 Å². The Morgan fingerprint density at radius 3 is 2.67 bits per heavy atom. The SMILES string of the molecule is CCc1ccc(NC(=O)CCc2n[nH]c(=S)[nH]c2=O)cc1. The van der Waals surface area contributed by atoms with Gasteiger partial charge < -0.3 is 5.32 Å². The molecule has 3 N–H and O–H groups in total. The van der Waals surface area contributed by atoms with Crippen molar-refractivity contribution < 1.29 is 4.79 Å². The van der Waals surface area contributed by atoms with Crippen LogP contribution >= 0.6 is 12.2 Å².